The van der Waals surface area contributed by atoms with Crippen LogP contribution in [0.2, 0.25) is 0 Å². The van der Waals surface area contributed by atoms with E-state index in [0.717, 1.165) is 63.1 Å². The van der Waals surface area contributed by atoms with Crippen molar-refractivity contribution in [3.63, 3.8) is 0 Å². The van der Waals surface area contributed by atoms with Gasteiger partial charge in [0.05, 0.1) is 5.69 Å². The summed E-state index contributed by atoms with van der Waals surface area (Å²) >= 11 is 0. The molecule has 0 bridgehead atoms. The van der Waals surface area contributed by atoms with E-state index in [1.165, 1.54) is 31.1 Å². The smallest absolute Gasteiger partial charge is 0.304 e. The topological polar surface area (TPSA) is 90.0 Å². The van der Waals surface area contributed by atoms with Crippen molar-refractivity contribution in [1.82, 2.24) is 14.5 Å². The SMILES string of the molecule is Cc1cccc(CN(C(=O)CN(c2ccc(F)cc2)S(=O)(=O)N(C)C)[C@@H](Cc2ccccc2)C(=O)NC2CCCC2)c1. The van der Waals surface area contributed by atoms with Gasteiger partial charge in [0.2, 0.25) is 11.8 Å². The van der Waals surface area contributed by atoms with Crippen molar-refractivity contribution in [3.05, 3.63) is 101 Å². The summed E-state index contributed by atoms with van der Waals surface area (Å²) in [7, 11) is -1.40. The van der Waals surface area contributed by atoms with E-state index in [2.05, 4.69) is 5.32 Å². The van der Waals surface area contributed by atoms with Crippen molar-refractivity contribution in [1.29, 1.82) is 0 Å². The maximum absolute atomic E-state index is 14.3. The van der Waals surface area contributed by atoms with Crippen LogP contribution in [0, 0.1) is 12.7 Å². The van der Waals surface area contributed by atoms with Gasteiger partial charge in [-0.3, -0.25) is 9.59 Å². The molecule has 1 aliphatic rings. The number of benzene rings is 3. The van der Waals surface area contributed by atoms with Gasteiger partial charge in [-0.2, -0.15) is 12.7 Å². The normalized spacial score (nSPS) is 14.5. The first-order chi connectivity index (χ1) is 20.0. The molecule has 0 radical (unpaired) electrons. The van der Waals surface area contributed by atoms with Crippen LogP contribution in [0.4, 0.5) is 10.1 Å². The summed E-state index contributed by atoms with van der Waals surface area (Å²) in [4.78, 5) is 29.7. The quantitative estimate of drug-likeness (QED) is 0.336. The first-order valence-corrected chi connectivity index (χ1v) is 15.6. The van der Waals surface area contributed by atoms with Crippen LogP contribution >= 0.6 is 0 Å². The molecule has 8 nitrogen and oxygen atoms in total. The molecule has 3 aromatic carbocycles. The molecule has 1 fully saturated rings. The molecule has 1 saturated carbocycles. The highest BCUT2D eigenvalue weighted by Gasteiger charge is 2.35. The molecule has 0 heterocycles. The minimum absolute atomic E-state index is 0.0385. The predicted molar refractivity (Wildman–Crippen MR) is 162 cm³/mol. The van der Waals surface area contributed by atoms with E-state index >= 15 is 0 Å². The molecule has 3 aromatic rings. The van der Waals surface area contributed by atoms with E-state index < -0.39 is 34.5 Å². The van der Waals surface area contributed by atoms with Crippen LogP contribution in [0.15, 0.2) is 78.9 Å². The zero-order chi connectivity index (χ0) is 30.3. The summed E-state index contributed by atoms with van der Waals surface area (Å²) in [5.74, 6) is -1.34. The fraction of sp³-hybridized carbons (Fsp3) is 0.375. The molecule has 224 valence electrons. The monoisotopic (exact) mass is 594 g/mol. The molecule has 0 unspecified atom stereocenters. The molecule has 0 aliphatic heterocycles. The molecule has 10 heteroatoms. The lowest BCUT2D eigenvalue weighted by Gasteiger charge is -2.35. The molecule has 4 rings (SSSR count). The second kappa shape index (κ2) is 13.9. The van der Waals surface area contributed by atoms with Gasteiger partial charge in [-0.25, -0.2) is 8.70 Å². The second-order valence-corrected chi connectivity index (χ2v) is 13.0. The molecular formula is C32H39FN4O4S. The van der Waals surface area contributed by atoms with Crippen molar-refractivity contribution >= 4 is 27.7 Å². The van der Waals surface area contributed by atoms with Crippen LogP contribution in [0.3, 0.4) is 0 Å². The summed E-state index contributed by atoms with van der Waals surface area (Å²) in [6, 6.07) is 21.2. The Balaban J connectivity index is 1.75. The number of aryl methyl sites for hydroxylation is 1. The molecule has 1 aliphatic carbocycles. The second-order valence-electron chi connectivity index (χ2n) is 11.0. The van der Waals surface area contributed by atoms with Crippen molar-refractivity contribution < 1.29 is 22.4 Å². The van der Waals surface area contributed by atoms with Crippen molar-refractivity contribution in [2.45, 2.75) is 57.7 Å². The van der Waals surface area contributed by atoms with Crippen LogP contribution in [0.5, 0.6) is 0 Å². The van der Waals surface area contributed by atoms with E-state index in [4.69, 9.17) is 0 Å². The number of rotatable bonds is 12. The number of amides is 2. The van der Waals surface area contributed by atoms with Gasteiger partial charge in [-0.1, -0.05) is 73.0 Å². The van der Waals surface area contributed by atoms with Gasteiger partial charge >= 0.3 is 10.2 Å². The largest absolute Gasteiger partial charge is 0.352 e. The number of halogens is 1. The number of anilines is 1. The highest BCUT2D eigenvalue weighted by Crippen LogP contribution is 2.23. The number of carbonyl (C=O) groups excluding carboxylic acids is 2. The van der Waals surface area contributed by atoms with Crippen molar-refractivity contribution in [2.24, 2.45) is 0 Å². The van der Waals surface area contributed by atoms with Gasteiger partial charge in [-0.05, 0) is 55.2 Å². The van der Waals surface area contributed by atoms with Gasteiger partial charge < -0.3 is 10.2 Å². The molecule has 2 amide bonds. The van der Waals surface area contributed by atoms with Crippen molar-refractivity contribution in [3.8, 4) is 0 Å². The minimum Gasteiger partial charge on any atom is -0.352 e. The average Bonchev–Trinajstić information content (AvgIpc) is 3.47. The minimum atomic E-state index is -4.14. The lowest BCUT2D eigenvalue weighted by molar-refractivity contribution is -0.140. The molecule has 1 N–H and O–H groups in total. The zero-order valence-corrected chi connectivity index (χ0v) is 25.2. The summed E-state index contributed by atoms with van der Waals surface area (Å²) in [5.41, 5.74) is 2.84. The molecule has 1 atom stereocenters. The van der Waals surface area contributed by atoms with Crippen LogP contribution in [-0.4, -0.2) is 62.2 Å². The first-order valence-electron chi connectivity index (χ1n) is 14.2. The molecule has 0 aromatic heterocycles. The van der Waals surface area contributed by atoms with E-state index in [1.807, 2.05) is 61.5 Å². The number of nitrogens with zero attached hydrogens (tertiary/aromatic N) is 3. The van der Waals surface area contributed by atoms with E-state index in [9.17, 15) is 22.4 Å². The Kier molecular flexibility index (Phi) is 10.3. The van der Waals surface area contributed by atoms with Crippen LogP contribution in [-0.2, 0) is 32.8 Å². The van der Waals surface area contributed by atoms with Gasteiger partial charge in [0.1, 0.15) is 18.4 Å². The summed E-state index contributed by atoms with van der Waals surface area (Å²) < 4.78 is 42.5. The number of hydrogen-bond donors (Lipinski definition) is 1. The zero-order valence-electron chi connectivity index (χ0n) is 24.4. The Bertz CT molecular complexity index is 1460. The fourth-order valence-corrected chi connectivity index (χ4v) is 6.31. The van der Waals surface area contributed by atoms with Crippen LogP contribution in [0.25, 0.3) is 0 Å². The third-order valence-electron chi connectivity index (χ3n) is 7.54. The van der Waals surface area contributed by atoms with Crippen LogP contribution < -0.4 is 9.62 Å². The Labute approximate surface area is 248 Å². The Morgan fingerprint density at radius 2 is 1.57 bits per heavy atom. The molecule has 0 saturated heterocycles. The lowest BCUT2D eigenvalue weighted by atomic mass is 10.0. The Morgan fingerprint density at radius 1 is 0.929 bits per heavy atom. The van der Waals surface area contributed by atoms with Gasteiger partial charge in [-0.15, -0.1) is 0 Å². The van der Waals surface area contributed by atoms with Gasteiger partial charge in [0.25, 0.3) is 0 Å². The molecule has 0 spiro atoms. The highest BCUT2D eigenvalue weighted by atomic mass is 32.2. The third kappa shape index (κ3) is 7.95. The molecule has 42 heavy (non-hydrogen) atoms. The maximum Gasteiger partial charge on any atom is 0.304 e. The van der Waals surface area contributed by atoms with E-state index in [0.29, 0.717) is 0 Å². The lowest BCUT2D eigenvalue weighted by Crippen LogP contribution is -2.55. The van der Waals surface area contributed by atoms with E-state index in [1.54, 1.807) is 0 Å². The number of nitrogens with one attached hydrogen (secondary N) is 1. The Hall–Kier alpha value is -3.76. The maximum atomic E-state index is 14.3. The van der Waals surface area contributed by atoms with Crippen LogP contribution in [0.1, 0.15) is 42.4 Å². The summed E-state index contributed by atoms with van der Waals surface area (Å²) in [6.07, 6.45) is 4.10. The number of hydrogen-bond acceptors (Lipinski definition) is 4. The highest BCUT2D eigenvalue weighted by molar-refractivity contribution is 7.90. The molecular weight excluding hydrogens is 555 g/mol. The summed E-state index contributed by atoms with van der Waals surface area (Å²) in [6.45, 7) is 1.49. The van der Waals surface area contributed by atoms with E-state index in [-0.39, 0.29) is 30.6 Å². The first kappa shape index (κ1) is 31.2. The number of carbonyl (C=O) groups is 2. The van der Waals surface area contributed by atoms with Gasteiger partial charge in [0.15, 0.2) is 0 Å². The summed E-state index contributed by atoms with van der Waals surface area (Å²) in [5, 5.41) is 3.16. The predicted octanol–water partition coefficient (Wildman–Crippen LogP) is 4.45. The van der Waals surface area contributed by atoms with Gasteiger partial charge in [0, 0.05) is 33.1 Å². The van der Waals surface area contributed by atoms with Crippen molar-refractivity contribution in [2.75, 3.05) is 24.9 Å². The fourth-order valence-electron chi connectivity index (χ4n) is 5.25. The standard InChI is InChI=1S/C32H39FN4O4S/c1-24-10-9-13-26(20-24)22-36(30(21-25-11-5-4-6-12-25)32(39)34-28-14-7-8-15-28)31(38)23-37(42(40,41)35(2)3)29-18-16-27(33)17-19-29/h4-6,9-13,16-20,28,30H,7-8,14-15,21-23H2,1-3H3,(H,34,39)/t30-/m0/s1. The Morgan fingerprint density at radius 3 is 2.19 bits per heavy atom. The third-order valence-corrected chi connectivity index (χ3v) is 9.36. The average molecular weight is 595 g/mol.